The first-order valence-corrected chi connectivity index (χ1v) is 6.37. The second-order valence-corrected chi connectivity index (χ2v) is 4.92. The Hall–Kier alpha value is -0.940. The maximum atomic E-state index is 5.57. The van der Waals surface area contributed by atoms with Crippen molar-refractivity contribution in [3.05, 3.63) is 11.7 Å². The molecule has 5 nitrogen and oxygen atoms in total. The van der Waals surface area contributed by atoms with E-state index in [4.69, 9.17) is 15.0 Å². The van der Waals surface area contributed by atoms with Gasteiger partial charge in [-0.1, -0.05) is 12.1 Å². The van der Waals surface area contributed by atoms with E-state index in [1.54, 1.807) is 0 Å². The summed E-state index contributed by atoms with van der Waals surface area (Å²) < 4.78 is 10.6. The van der Waals surface area contributed by atoms with Crippen LogP contribution < -0.4 is 5.73 Å². The van der Waals surface area contributed by atoms with Crippen molar-refractivity contribution in [3.63, 3.8) is 0 Å². The molecule has 0 spiro atoms. The molecule has 2 heterocycles. The van der Waals surface area contributed by atoms with Crippen LogP contribution in [0.5, 0.6) is 0 Å². The van der Waals surface area contributed by atoms with Crippen LogP contribution in [-0.2, 0) is 17.6 Å². The van der Waals surface area contributed by atoms with E-state index in [2.05, 4.69) is 17.1 Å². The summed E-state index contributed by atoms with van der Waals surface area (Å²) in [6.07, 6.45) is 3.81. The molecule has 0 saturated carbocycles. The lowest BCUT2D eigenvalue weighted by Crippen LogP contribution is -2.11. The summed E-state index contributed by atoms with van der Waals surface area (Å²) in [7, 11) is 0. The van der Waals surface area contributed by atoms with Gasteiger partial charge in [-0.2, -0.15) is 4.98 Å². The van der Waals surface area contributed by atoms with E-state index < -0.39 is 0 Å². The van der Waals surface area contributed by atoms with Gasteiger partial charge in [0.05, 0.1) is 0 Å². The average molecular weight is 239 g/mol. The highest BCUT2D eigenvalue weighted by molar-refractivity contribution is 4.89. The molecule has 1 aliphatic heterocycles. The first-order valence-electron chi connectivity index (χ1n) is 6.37. The number of hydrogen-bond acceptors (Lipinski definition) is 5. The van der Waals surface area contributed by atoms with E-state index in [1.807, 2.05) is 0 Å². The minimum Gasteiger partial charge on any atom is -0.381 e. The number of rotatable bonds is 6. The van der Waals surface area contributed by atoms with Gasteiger partial charge in [0.1, 0.15) is 0 Å². The molecule has 0 aliphatic carbocycles. The third kappa shape index (κ3) is 3.78. The molecule has 0 amide bonds. The molecule has 1 aliphatic rings. The Kier molecular flexibility index (Phi) is 4.50. The summed E-state index contributed by atoms with van der Waals surface area (Å²) in [4.78, 5) is 4.41. The van der Waals surface area contributed by atoms with E-state index in [0.717, 1.165) is 50.6 Å². The highest BCUT2D eigenvalue weighted by Gasteiger charge is 2.19. The maximum Gasteiger partial charge on any atom is 0.226 e. The smallest absolute Gasteiger partial charge is 0.226 e. The molecule has 2 atom stereocenters. The summed E-state index contributed by atoms with van der Waals surface area (Å²) in [5, 5.41) is 4.01. The molecular weight excluding hydrogens is 218 g/mol. The number of nitrogens with zero attached hydrogens (tertiary/aromatic N) is 2. The molecular formula is C12H21N3O2. The largest absolute Gasteiger partial charge is 0.381 e. The van der Waals surface area contributed by atoms with Crippen LogP contribution in [0.4, 0.5) is 0 Å². The number of nitrogens with two attached hydrogens (primary N) is 1. The van der Waals surface area contributed by atoms with E-state index in [-0.39, 0.29) is 0 Å². The molecule has 2 unspecified atom stereocenters. The van der Waals surface area contributed by atoms with Crippen molar-refractivity contribution in [3.8, 4) is 0 Å². The monoisotopic (exact) mass is 239 g/mol. The standard InChI is InChI=1S/C12H21N3O2/c1-9(7-13)2-3-12-14-11(15-17-12)6-10-4-5-16-8-10/h9-10H,2-8,13H2,1H3. The molecule has 17 heavy (non-hydrogen) atoms. The zero-order valence-corrected chi connectivity index (χ0v) is 10.4. The molecule has 0 bridgehead atoms. The quantitative estimate of drug-likeness (QED) is 0.806. The van der Waals surface area contributed by atoms with Crippen LogP contribution in [0, 0.1) is 11.8 Å². The van der Waals surface area contributed by atoms with Crippen molar-refractivity contribution >= 4 is 0 Å². The van der Waals surface area contributed by atoms with Crippen LogP contribution in [0.15, 0.2) is 4.52 Å². The van der Waals surface area contributed by atoms with Crippen LogP contribution in [-0.4, -0.2) is 29.9 Å². The van der Waals surface area contributed by atoms with Gasteiger partial charge in [-0.15, -0.1) is 0 Å². The Morgan fingerprint density at radius 3 is 3.12 bits per heavy atom. The molecule has 1 aromatic heterocycles. The Balaban J connectivity index is 1.78. The second-order valence-electron chi connectivity index (χ2n) is 4.92. The van der Waals surface area contributed by atoms with Crippen molar-refractivity contribution in [1.29, 1.82) is 0 Å². The van der Waals surface area contributed by atoms with Gasteiger partial charge in [-0.25, -0.2) is 0 Å². The molecule has 1 saturated heterocycles. The summed E-state index contributed by atoms with van der Waals surface area (Å²) in [5.74, 6) is 2.62. The van der Waals surface area contributed by atoms with Crippen LogP contribution in [0.3, 0.4) is 0 Å². The predicted octanol–water partition coefficient (Wildman–Crippen LogP) is 1.18. The van der Waals surface area contributed by atoms with Gasteiger partial charge in [-0.05, 0) is 31.2 Å². The van der Waals surface area contributed by atoms with Gasteiger partial charge in [0.15, 0.2) is 5.82 Å². The molecule has 96 valence electrons. The van der Waals surface area contributed by atoms with E-state index in [9.17, 15) is 0 Å². The Bertz CT molecular complexity index is 334. The predicted molar refractivity (Wildman–Crippen MR) is 63.5 cm³/mol. The topological polar surface area (TPSA) is 74.2 Å². The van der Waals surface area contributed by atoms with E-state index in [0.29, 0.717) is 18.4 Å². The van der Waals surface area contributed by atoms with Crippen LogP contribution in [0.2, 0.25) is 0 Å². The molecule has 0 aromatic carbocycles. The molecule has 5 heteroatoms. The van der Waals surface area contributed by atoms with Crippen molar-refractivity contribution in [2.75, 3.05) is 19.8 Å². The second kappa shape index (κ2) is 6.12. The van der Waals surface area contributed by atoms with Crippen molar-refractivity contribution < 1.29 is 9.26 Å². The summed E-state index contributed by atoms with van der Waals surface area (Å²) >= 11 is 0. The van der Waals surface area contributed by atoms with Gasteiger partial charge >= 0.3 is 0 Å². The zero-order valence-electron chi connectivity index (χ0n) is 10.4. The number of aromatic nitrogens is 2. The fourth-order valence-corrected chi connectivity index (χ4v) is 1.96. The van der Waals surface area contributed by atoms with Gasteiger partial charge in [0, 0.05) is 26.1 Å². The van der Waals surface area contributed by atoms with E-state index in [1.165, 1.54) is 0 Å². The summed E-state index contributed by atoms with van der Waals surface area (Å²) in [6, 6.07) is 0. The molecule has 0 radical (unpaired) electrons. The molecule has 1 fully saturated rings. The highest BCUT2D eigenvalue weighted by atomic mass is 16.5. The fourth-order valence-electron chi connectivity index (χ4n) is 1.96. The minimum absolute atomic E-state index is 0.508. The van der Waals surface area contributed by atoms with E-state index >= 15 is 0 Å². The number of aryl methyl sites for hydroxylation is 1. The average Bonchev–Trinajstić information content (AvgIpc) is 2.98. The summed E-state index contributed by atoms with van der Waals surface area (Å²) in [5.41, 5.74) is 5.57. The Morgan fingerprint density at radius 2 is 2.41 bits per heavy atom. The summed E-state index contributed by atoms with van der Waals surface area (Å²) in [6.45, 7) is 4.53. The lowest BCUT2D eigenvalue weighted by Gasteiger charge is -2.04. The maximum absolute atomic E-state index is 5.57. The van der Waals surface area contributed by atoms with Crippen LogP contribution in [0.1, 0.15) is 31.5 Å². The Labute approximate surface area is 102 Å². The van der Waals surface area contributed by atoms with Gasteiger partial charge in [-0.3, -0.25) is 0 Å². The lowest BCUT2D eigenvalue weighted by molar-refractivity contribution is 0.185. The van der Waals surface area contributed by atoms with Crippen LogP contribution >= 0.6 is 0 Å². The molecule has 1 aromatic rings. The molecule has 2 N–H and O–H groups in total. The third-order valence-electron chi connectivity index (χ3n) is 3.26. The molecule has 2 rings (SSSR count). The van der Waals surface area contributed by atoms with Crippen LogP contribution in [0.25, 0.3) is 0 Å². The number of ether oxygens (including phenoxy) is 1. The first-order chi connectivity index (χ1) is 8.28. The highest BCUT2D eigenvalue weighted by Crippen LogP contribution is 2.17. The Morgan fingerprint density at radius 1 is 1.53 bits per heavy atom. The lowest BCUT2D eigenvalue weighted by atomic mass is 10.0. The van der Waals surface area contributed by atoms with Gasteiger partial charge in [0.25, 0.3) is 0 Å². The van der Waals surface area contributed by atoms with Gasteiger partial charge < -0.3 is 15.0 Å². The SMILES string of the molecule is CC(CN)CCc1nc(CC2CCOC2)no1. The number of hydrogen-bond donors (Lipinski definition) is 1. The third-order valence-corrected chi connectivity index (χ3v) is 3.26. The minimum atomic E-state index is 0.508. The first kappa shape index (κ1) is 12.5. The van der Waals surface area contributed by atoms with Crippen molar-refractivity contribution in [2.45, 2.75) is 32.6 Å². The van der Waals surface area contributed by atoms with Gasteiger partial charge in [0.2, 0.25) is 5.89 Å². The zero-order chi connectivity index (χ0) is 12.1. The fraction of sp³-hybridized carbons (Fsp3) is 0.833. The normalized spacial score (nSPS) is 21.9. The van der Waals surface area contributed by atoms with Crippen molar-refractivity contribution in [1.82, 2.24) is 10.1 Å². The van der Waals surface area contributed by atoms with Crippen molar-refractivity contribution in [2.24, 2.45) is 17.6 Å².